The molecule has 2 aromatic rings. The molecule has 0 bridgehead atoms. The van der Waals surface area contributed by atoms with Crippen molar-refractivity contribution in [2.75, 3.05) is 15.9 Å². The van der Waals surface area contributed by atoms with Gasteiger partial charge in [0.05, 0.1) is 11.9 Å². The number of anilines is 2. The normalized spacial score (nSPS) is 12.5. The quantitative estimate of drug-likeness (QED) is 0.715. The van der Waals surface area contributed by atoms with Crippen molar-refractivity contribution in [1.82, 2.24) is 0 Å². The number of halogens is 2. The molecule has 0 heterocycles. The van der Waals surface area contributed by atoms with Gasteiger partial charge in [0.1, 0.15) is 6.04 Å². The molecule has 0 spiro atoms. The third kappa shape index (κ3) is 4.78. The maximum absolute atomic E-state index is 12.7. The van der Waals surface area contributed by atoms with Gasteiger partial charge in [0.25, 0.3) is 0 Å². The standard InChI is InChI=1S/C18H20BrClN2O3S/c1-11-5-6-14(20)10-17(11)22(26(4,24)25)13(3)18(23)21-15-7-8-16(19)12(2)9-15/h5-10,13H,1-4H3,(H,21,23)/t13-/m1/s1. The maximum Gasteiger partial charge on any atom is 0.247 e. The van der Waals surface area contributed by atoms with Gasteiger partial charge in [-0.2, -0.15) is 0 Å². The summed E-state index contributed by atoms with van der Waals surface area (Å²) in [6.07, 6.45) is 1.07. The van der Waals surface area contributed by atoms with Gasteiger partial charge in [-0.25, -0.2) is 8.42 Å². The number of nitrogens with one attached hydrogen (secondary N) is 1. The SMILES string of the molecule is Cc1cc(NC(=O)[C@@H](C)N(c2cc(Cl)ccc2C)S(C)(=O)=O)ccc1Br. The Morgan fingerprint density at radius 2 is 1.81 bits per heavy atom. The minimum absolute atomic E-state index is 0.384. The van der Waals surface area contributed by atoms with Crippen LogP contribution in [0.5, 0.6) is 0 Å². The lowest BCUT2D eigenvalue weighted by atomic mass is 10.1. The lowest BCUT2D eigenvalue weighted by Gasteiger charge is -2.29. The second kappa shape index (κ2) is 7.98. The second-order valence-corrected chi connectivity index (χ2v) is 9.27. The molecule has 26 heavy (non-hydrogen) atoms. The smallest absolute Gasteiger partial charge is 0.247 e. The van der Waals surface area contributed by atoms with Crippen molar-refractivity contribution in [3.05, 3.63) is 57.0 Å². The van der Waals surface area contributed by atoms with Gasteiger partial charge in [0.2, 0.25) is 15.9 Å². The molecule has 0 saturated carbocycles. The largest absolute Gasteiger partial charge is 0.324 e. The molecular formula is C18H20BrClN2O3S. The average Bonchev–Trinajstić information content (AvgIpc) is 2.53. The molecule has 0 aliphatic carbocycles. The molecule has 2 aromatic carbocycles. The summed E-state index contributed by atoms with van der Waals surface area (Å²) in [5.41, 5.74) is 2.65. The molecule has 0 aliphatic rings. The zero-order chi connectivity index (χ0) is 19.6. The van der Waals surface area contributed by atoms with Gasteiger partial charge in [-0.1, -0.05) is 33.6 Å². The lowest BCUT2D eigenvalue weighted by molar-refractivity contribution is -0.116. The highest BCUT2D eigenvalue weighted by Gasteiger charge is 2.30. The molecule has 1 atom stereocenters. The van der Waals surface area contributed by atoms with Crippen LogP contribution in [0, 0.1) is 13.8 Å². The summed E-state index contributed by atoms with van der Waals surface area (Å²) in [5.74, 6) is -0.434. The Morgan fingerprint density at radius 3 is 2.38 bits per heavy atom. The first-order chi connectivity index (χ1) is 12.0. The monoisotopic (exact) mass is 458 g/mol. The Hall–Kier alpha value is -1.57. The number of hydrogen-bond donors (Lipinski definition) is 1. The van der Waals surface area contributed by atoms with Crippen LogP contribution in [0.3, 0.4) is 0 Å². The van der Waals surface area contributed by atoms with E-state index in [1.165, 1.54) is 0 Å². The van der Waals surface area contributed by atoms with Gasteiger partial charge in [0, 0.05) is 15.2 Å². The topological polar surface area (TPSA) is 66.5 Å². The van der Waals surface area contributed by atoms with Crippen molar-refractivity contribution in [3.8, 4) is 0 Å². The van der Waals surface area contributed by atoms with E-state index in [2.05, 4.69) is 21.2 Å². The first-order valence-corrected chi connectivity index (χ1v) is 10.8. The van der Waals surface area contributed by atoms with Crippen molar-refractivity contribution in [3.63, 3.8) is 0 Å². The Balaban J connectivity index is 2.37. The number of carbonyl (C=O) groups is 1. The van der Waals surface area contributed by atoms with E-state index in [0.717, 1.165) is 20.6 Å². The molecule has 0 unspecified atom stereocenters. The van der Waals surface area contributed by atoms with E-state index in [9.17, 15) is 13.2 Å². The number of hydrogen-bond acceptors (Lipinski definition) is 3. The summed E-state index contributed by atoms with van der Waals surface area (Å²) in [7, 11) is -3.70. The number of rotatable bonds is 5. The predicted octanol–water partition coefficient (Wildman–Crippen LogP) is 4.51. The van der Waals surface area contributed by atoms with Crippen molar-refractivity contribution in [2.45, 2.75) is 26.8 Å². The van der Waals surface area contributed by atoms with E-state index in [1.807, 2.05) is 19.1 Å². The van der Waals surface area contributed by atoms with Crippen molar-refractivity contribution >= 4 is 54.8 Å². The van der Waals surface area contributed by atoms with Crippen molar-refractivity contribution in [1.29, 1.82) is 0 Å². The number of aryl methyl sites for hydroxylation is 2. The van der Waals surface area contributed by atoms with Gasteiger partial charge in [-0.15, -0.1) is 0 Å². The highest BCUT2D eigenvalue weighted by molar-refractivity contribution is 9.10. The summed E-state index contributed by atoms with van der Waals surface area (Å²) in [6, 6.07) is 9.37. The maximum atomic E-state index is 12.7. The molecule has 1 amide bonds. The van der Waals surface area contributed by atoms with Crippen LogP contribution >= 0.6 is 27.5 Å². The van der Waals surface area contributed by atoms with Crippen LogP contribution < -0.4 is 9.62 Å². The first-order valence-electron chi connectivity index (χ1n) is 7.83. The van der Waals surface area contributed by atoms with Crippen LogP contribution in [0.2, 0.25) is 5.02 Å². The molecule has 0 aliphatic heterocycles. The molecule has 140 valence electrons. The Bertz CT molecular complexity index is 947. The third-order valence-electron chi connectivity index (χ3n) is 3.92. The molecule has 0 fully saturated rings. The van der Waals surface area contributed by atoms with E-state index in [-0.39, 0.29) is 0 Å². The van der Waals surface area contributed by atoms with Gasteiger partial charge in [0.15, 0.2) is 0 Å². The molecule has 0 saturated heterocycles. The fraction of sp³-hybridized carbons (Fsp3) is 0.278. The zero-order valence-electron chi connectivity index (χ0n) is 14.9. The van der Waals surface area contributed by atoms with Crippen LogP contribution in [0.1, 0.15) is 18.1 Å². The van der Waals surface area contributed by atoms with Crippen LogP contribution in [0.15, 0.2) is 40.9 Å². The van der Waals surface area contributed by atoms with E-state index in [0.29, 0.717) is 22.0 Å². The molecular weight excluding hydrogens is 440 g/mol. The second-order valence-electron chi connectivity index (χ2n) is 6.12. The van der Waals surface area contributed by atoms with E-state index in [1.54, 1.807) is 38.1 Å². The fourth-order valence-electron chi connectivity index (χ4n) is 2.57. The fourth-order valence-corrected chi connectivity index (χ4v) is 4.21. The lowest BCUT2D eigenvalue weighted by Crippen LogP contribution is -2.45. The van der Waals surface area contributed by atoms with Gasteiger partial charge >= 0.3 is 0 Å². The van der Waals surface area contributed by atoms with Crippen LogP contribution in [-0.4, -0.2) is 26.6 Å². The summed E-state index contributed by atoms with van der Waals surface area (Å²) >= 11 is 9.44. The third-order valence-corrected chi connectivity index (χ3v) is 6.27. The highest BCUT2D eigenvalue weighted by Crippen LogP contribution is 2.29. The van der Waals surface area contributed by atoms with Crippen molar-refractivity contribution < 1.29 is 13.2 Å². The number of nitrogens with zero attached hydrogens (tertiary/aromatic N) is 1. The number of sulfonamides is 1. The molecule has 0 aromatic heterocycles. The molecule has 0 radical (unpaired) electrons. The number of carbonyl (C=O) groups excluding carboxylic acids is 1. The summed E-state index contributed by atoms with van der Waals surface area (Å²) in [4.78, 5) is 12.7. The average molecular weight is 460 g/mol. The Labute approximate surface area is 167 Å². The number of benzene rings is 2. The van der Waals surface area contributed by atoms with Crippen LogP contribution in [0.25, 0.3) is 0 Å². The van der Waals surface area contributed by atoms with Crippen LogP contribution in [-0.2, 0) is 14.8 Å². The molecule has 8 heteroatoms. The Morgan fingerprint density at radius 1 is 1.15 bits per heavy atom. The minimum Gasteiger partial charge on any atom is -0.324 e. The zero-order valence-corrected chi connectivity index (χ0v) is 18.0. The predicted molar refractivity (Wildman–Crippen MR) is 110 cm³/mol. The van der Waals surface area contributed by atoms with E-state index >= 15 is 0 Å². The van der Waals surface area contributed by atoms with Gasteiger partial charge < -0.3 is 5.32 Å². The summed E-state index contributed by atoms with van der Waals surface area (Å²) < 4.78 is 26.8. The molecule has 2 rings (SSSR count). The Kier molecular flexibility index (Phi) is 6.37. The van der Waals surface area contributed by atoms with Gasteiger partial charge in [-0.05, 0) is 62.2 Å². The van der Waals surface area contributed by atoms with Gasteiger partial charge in [-0.3, -0.25) is 9.10 Å². The van der Waals surface area contributed by atoms with E-state index in [4.69, 9.17) is 11.6 Å². The summed E-state index contributed by atoms with van der Waals surface area (Å²) in [5, 5.41) is 3.17. The van der Waals surface area contributed by atoms with E-state index < -0.39 is 22.0 Å². The minimum atomic E-state index is -3.70. The number of amides is 1. The first kappa shape index (κ1) is 20.7. The molecule has 1 N–H and O–H groups in total. The van der Waals surface area contributed by atoms with Crippen molar-refractivity contribution in [2.24, 2.45) is 0 Å². The highest BCUT2D eigenvalue weighted by atomic mass is 79.9. The van der Waals surface area contributed by atoms with Crippen LogP contribution in [0.4, 0.5) is 11.4 Å². The summed E-state index contributed by atoms with van der Waals surface area (Å²) in [6.45, 7) is 5.22. The molecule has 5 nitrogen and oxygen atoms in total.